The number of halogens is 1. The summed E-state index contributed by atoms with van der Waals surface area (Å²) >= 11 is 0. The zero-order valence-corrected chi connectivity index (χ0v) is 18.2. The van der Waals surface area contributed by atoms with Crippen molar-refractivity contribution in [3.05, 3.63) is 12.7 Å². The Kier molecular flexibility index (Phi) is 6.91. The second-order valence-corrected chi connectivity index (χ2v) is 11.9. The Balaban J connectivity index is 1.70. The minimum atomic E-state index is -5.96. The summed E-state index contributed by atoms with van der Waals surface area (Å²) in [5.41, 5.74) is 2.14. The Hall–Kier alpha value is -1.39. The maximum Gasteiger partial charge on any atom is 0.479 e. The fraction of sp³-hybridized carbons (Fsp3) is 0.545. The average molecular weight is 523 g/mol. The number of aliphatic hydroxyl groups is 2. The second kappa shape index (κ2) is 8.76. The van der Waals surface area contributed by atoms with E-state index >= 15 is 0 Å². The summed E-state index contributed by atoms with van der Waals surface area (Å²) in [6.07, 6.45) is -3.92. The number of nitrogens with zero attached hydrogens (tertiary/aromatic N) is 4. The molecule has 3 heterocycles. The first kappa shape index (κ1) is 25.2. The molecule has 21 heteroatoms. The molecule has 0 aromatic carbocycles. The van der Waals surface area contributed by atoms with Gasteiger partial charge in [0.1, 0.15) is 30.2 Å². The van der Waals surface area contributed by atoms with Gasteiger partial charge in [0, 0.05) is 0 Å². The highest BCUT2D eigenvalue weighted by molar-refractivity contribution is 7.74. The van der Waals surface area contributed by atoms with E-state index in [0.29, 0.717) is 0 Å². The number of hydrogen-bond donors (Lipinski definition) is 7. The molecule has 1 aliphatic heterocycles. The predicted octanol–water partition coefficient (Wildman–Crippen LogP) is -1.22. The number of alkyl halides is 1. The van der Waals surface area contributed by atoms with Gasteiger partial charge in [0.05, 0.1) is 12.9 Å². The molecule has 0 spiro atoms. The van der Waals surface area contributed by atoms with E-state index in [1.165, 1.54) is 10.9 Å². The van der Waals surface area contributed by atoms with Crippen molar-refractivity contribution in [2.24, 2.45) is 0 Å². The third-order valence-corrected chi connectivity index (χ3v) is 9.28. The van der Waals surface area contributed by atoms with Crippen molar-refractivity contribution in [1.29, 1.82) is 0 Å². The zero-order chi connectivity index (χ0) is 24.1. The van der Waals surface area contributed by atoms with Crippen molar-refractivity contribution in [2.75, 3.05) is 12.3 Å². The number of aliphatic hydroxyl groups excluding tert-OH is 2. The van der Waals surface area contributed by atoms with Gasteiger partial charge in [-0.2, -0.15) is 0 Å². The fourth-order valence-electron chi connectivity index (χ4n) is 2.72. The van der Waals surface area contributed by atoms with Crippen LogP contribution in [0.2, 0.25) is 0 Å². The lowest BCUT2D eigenvalue weighted by molar-refractivity contribution is -0.0502. The van der Waals surface area contributed by atoms with Crippen LogP contribution in [0.15, 0.2) is 12.7 Å². The van der Waals surface area contributed by atoms with Crippen LogP contribution in [0.3, 0.4) is 0 Å². The summed E-state index contributed by atoms with van der Waals surface area (Å²) in [4.78, 5) is 47.6. The second-order valence-electron chi connectivity index (χ2n) is 6.44. The van der Waals surface area contributed by atoms with Crippen LogP contribution in [-0.4, -0.2) is 79.9 Å². The third kappa shape index (κ3) is 5.07. The molecule has 1 saturated heterocycles. The molecule has 32 heavy (non-hydrogen) atoms. The van der Waals surface area contributed by atoms with Crippen molar-refractivity contribution < 1.29 is 61.4 Å². The van der Waals surface area contributed by atoms with Crippen molar-refractivity contribution >= 4 is 40.0 Å². The number of rotatable bonds is 8. The van der Waals surface area contributed by atoms with Crippen LogP contribution in [0, 0.1) is 0 Å². The minimum Gasteiger partial charge on any atom is -0.387 e. The van der Waals surface area contributed by atoms with Gasteiger partial charge in [0.25, 0.3) is 5.65 Å². The van der Waals surface area contributed by atoms with Crippen LogP contribution >= 0.6 is 23.0 Å². The molecule has 8 N–H and O–H groups in total. The van der Waals surface area contributed by atoms with E-state index in [1.54, 1.807) is 0 Å². The molecular weight excluding hydrogens is 506 g/mol. The molecule has 1 fully saturated rings. The van der Waals surface area contributed by atoms with Crippen LogP contribution in [0.25, 0.3) is 11.2 Å². The first-order valence-corrected chi connectivity index (χ1v) is 13.1. The Morgan fingerprint density at radius 1 is 1.16 bits per heavy atom. The molecule has 0 bridgehead atoms. The van der Waals surface area contributed by atoms with E-state index < -0.39 is 59.8 Å². The largest absolute Gasteiger partial charge is 0.479 e. The number of anilines is 1. The molecule has 0 amide bonds. The van der Waals surface area contributed by atoms with Gasteiger partial charge in [-0.1, -0.05) is 0 Å². The molecule has 7 atom stereocenters. The standard InChI is InChI=1S/C11H17FN5O12P3/c12-11(30(20,21)22)31(23,24)29-32(25,26)27-1-4-6(18)7(19)10(28-4)17-3-16-5-8(13)14-2-15-9(5)17/h2-4,6-7,10-11,18-19H,1H2,(H,23,24)(H,25,26)(H2,13,14,15)(H2,20,21,22)/t4-,6-,7-,10-,11+/m1/s1. The molecule has 3 rings (SSSR count). The molecular formula is C11H17FN5O12P3. The van der Waals surface area contributed by atoms with Gasteiger partial charge in [0.2, 0.25) is 0 Å². The predicted molar refractivity (Wildman–Crippen MR) is 99.3 cm³/mol. The summed E-state index contributed by atoms with van der Waals surface area (Å²) in [6, 6.07) is 0. The fourth-order valence-corrected chi connectivity index (χ4v) is 6.64. The van der Waals surface area contributed by atoms with Crippen LogP contribution < -0.4 is 5.73 Å². The first-order chi connectivity index (χ1) is 14.6. The van der Waals surface area contributed by atoms with Gasteiger partial charge < -0.3 is 40.3 Å². The van der Waals surface area contributed by atoms with Gasteiger partial charge in [-0.15, -0.1) is 0 Å². The summed E-state index contributed by atoms with van der Waals surface area (Å²) in [5.74, 6) is 0.0231. The Morgan fingerprint density at radius 2 is 1.81 bits per heavy atom. The monoisotopic (exact) mass is 523 g/mol. The van der Waals surface area contributed by atoms with Gasteiger partial charge >= 0.3 is 23.0 Å². The van der Waals surface area contributed by atoms with E-state index in [1.807, 2.05) is 0 Å². The molecule has 0 radical (unpaired) electrons. The highest BCUT2D eigenvalue weighted by Gasteiger charge is 2.51. The number of nitrogen functional groups attached to an aromatic ring is 1. The molecule has 0 aliphatic carbocycles. The zero-order valence-electron chi connectivity index (χ0n) is 15.5. The Labute approximate surface area is 176 Å². The first-order valence-electron chi connectivity index (χ1n) is 8.29. The van der Waals surface area contributed by atoms with Crippen LogP contribution in [0.5, 0.6) is 0 Å². The molecule has 0 saturated carbocycles. The molecule has 2 aromatic heterocycles. The molecule has 2 unspecified atom stereocenters. The number of nitrogens with two attached hydrogens (primary N) is 1. The van der Waals surface area contributed by atoms with Crippen LogP contribution in [0.4, 0.5) is 10.2 Å². The number of hydrogen-bond acceptors (Lipinski definition) is 12. The van der Waals surface area contributed by atoms with E-state index in [-0.39, 0.29) is 17.0 Å². The molecule has 1 aliphatic rings. The smallest absolute Gasteiger partial charge is 0.387 e. The maximum absolute atomic E-state index is 13.4. The maximum atomic E-state index is 13.4. The van der Waals surface area contributed by atoms with Crippen LogP contribution in [0.1, 0.15) is 6.23 Å². The molecule has 180 valence electrons. The van der Waals surface area contributed by atoms with Crippen LogP contribution in [-0.2, 0) is 27.3 Å². The topological polar surface area (TPSA) is 270 Å². The van der Waals surface area contributed by atoms with Crippen molar-refractivity contribution in [1.82, 2.24) is 19.5 Å². The van der Waals surface area contributed by atoms with E-state index in [9.17, 15) is 38.1 Å². The summed E-state index contributed by atoms with van der Waals surface area (Å²) in [7, 11) is -17.3. The summed E-state index contributed by atoms with van der Waals surface area (Å²) in [5, 5.41) is 20.4. The number of imidazole rings is 1. The number of ether oxygens (including phenoxy) is 1. The average Bonchev–Trinajstić information content (AvgIpc) is 3.21. The van der Waals surface area contributed by atoms with Crippen molar-refractivity contribution in [3.63, 3.8) is 0 Å². The number of phosphoric acid groups is 1. The normalized spacial score (nSPS) is 29.0. The Bertz CT molecular complexity index is 1140. The lowest BCUT2D eigenvalue weighted by atomic mass is 10.1. The van der Waals surface area contributed by atoms with Gasteiger partial charge in [-0.25, -0.2) is 28.2 Å². The molecule has 17 nitrogen and oxygen atoms in total. The van der Waals surface area contributed by atoms with Crippen molar-refractivity contribution in [3.8, 4) is 0 Å². The summed E-state index contributed by atoms with van der Waals surface area (Å²) in [6.45, 7) is -1.03. The van der Waals surface area contributed by atoms with Crippen molar-refractivity contribution in [2.45, 2.75) is 30.2 Å². The highest BCUT2D eigenvalue weighted by atomic mass is 31.3. The van der Waals surface area contributed by atoms with Gasteiger partial charge in [-0.05, 0) is 0 Å². The molecule has 2 aromatic rings. The van der Waals surface area contributed by atoms with Gasteiger partial charge in [-0.3, -0.25) is 18.2 Å². The lowest BCUT2D eigenvalue weighted by Gasteiger charge is -2.21. The minimum absolute atomic E-state index is 0.0231. The number of phosphoric ester groups is 1. The van der Waals surface area contributed by atoms with E-state index in [0.717, 1.165) is 6.33 Å². The number of aromatic nitrogens is 4. The summed E-state index contributed by atoms with van der Waals surface area (Å²) < 4.78 is 62.2. The lowest BCUT2D eigenvalue weighted by Crippen LogP contribution is -2.33. The Morgan fingerprint density at radius 3 is 2.44 bits per heavy atom. The van der Waals surface area contributed by atoms with E-state index in [2.05, 4.69) is 23.8 Å². The third-order valence-electron chi connectivity index (χ3n) is 4.17. The van der Waals surface area contributed by atoms with E-state index in [4.69, 9.17) is 20.3 Å². The quantitative estimate of drug-likeness (QED) is 0.200. The van der Waals surface area contributed by atoms with Gasteiger partial charge in [0.15, 0.2) is 17.7 Å². The SMILES string of the molecule is Nc1ncnc2c1ncn2[C@@H]1O[C@H](COP(=O)(O)OP(=O)(O)[C@@H](F)P(=O)(O)O)[C@@H](O)[C@H]1O. The number of fused-ring (bicyclic) bond motifs is 1. The highest BCUT2D eigenvalue weighted by Crippen LogP contribution is 2.70.